The molecule has 1 fully saturated rings. The normalized spacial score (nSPS) is 15.4. The van der Waals surface area contributed by atoms with Gasteiger partial charge in [0.25, 0.3) is 0 Å². The first-order valence-electron chi connectivity index (χ1n) is 9.64. The predicted molar refractivity (Wildman–Crippen MR) is 113 cm³/mol. The van der Waals surface area contributed by atoms with Crippen molar-refractivity contribution in [2.45, 2.75) is 25.8 Å². The first-order chi connectivity index (χ1) is 14.4. The summed E-state index contributed by atoms with van der Waals surface area (Å²) in [5.74, 6) is 0.707. The molecule has 1 unspecified atom stereocenters. The second kappa shape index (κ2) is 9.30. The lowest BCUT2D eigenvalue weighted by molar-refractivity contribution is -0.119. The van der Waals surface area contributed by atoms with E-state index >= 15 is 0 Å². The molecule has 0 saturated carbocycles. The summed E-state index contributed by atoms with van der Waals surface area (Å²) in [5.41, 5.74) is 1.58. The number of rotatable bonds is 6. The third kappa shape index (κ3) is 4.71. The van der Waals surface area contributed by atoms with Crippen molar-refractivity contribution in [2.75, 3.05) is 31.4 Å². The number of benzene rings is 2. The topological polar surface area (TPSA) is 97.0 Å². The second-order valence-electron chi connectivity index (χ2n) is 6.98. The second-order valence-corrected chi connectivity index (χ2v) is 6.98. The van der Waals surface area contributed by atoms with Gasteiger partial charge in [-0.05, 0) is 44.0 Å². The third-order valence-corrected chi connectivity index (χ3v) is 4.99. The summed E-state index contributed by atoms with van der Waals surface area (Å²) in [7, 11) is 3.06. The van der Waals surface area contributed by atoms with Crippen LogP contribution < -0.4 is 20.1 Å². The minimum atomic E-state index is -0.589. The van der Waals surface area contributed by atoms with Crippen LogP contribution in [0.1, 0.15) is 30.1 Å². The first kappa shape index (κ1) is 21.2. The molecule has 1 atom stereocenters. The molecule has 3 amide bonds. The maximum absolute atomic E-state index is 12.8. The van der Waals surface area contributed by atoms with Gasteiger partial charge >= 0.3 is 6.03 Å². The molecular weight excluding hydrogens is 386 g/mol. The Morgan fingerprint density at radius 1 is 0.967 bits per heavy atom. The summed E-state index contributed by atoms with van der Waals surface area (Å²) >= 11 is 0. The van der Waals surface area contributed by atoms with E-state index in [9.17, 15) is 14.4 Å². The monoisotopic (exact) mass is 411 g/mol. The van der Waals surface area contributed by atoms with Crippen molar-refractivity contribution in [1.82, 2.24) is 4.90 Å². The number of nitrogens with one attached hydrogen (secondary N) is 2. The number of ether oxygens (including phenoxy) is 2. The molecule has 0 aromatic heterocycles. The van der Waals surface area contributed by atoms with Gasteiger partial charge in [0.15, 0.2) is 17.3 Å². The fourth-order valence-electron chi connectivity index (χ4n) is 3.43. The maximum atomic E-state index is 12.8. The van der Waals surface area contributed by atoms with Crippen LogP contribution in [-0.2, 0) is 4.79 Å². The number of hydrogen-bond acceptors (Lipinski definition) is 5. The van der Waals surface area contributed by atoms with E-state index in [0.29, 0.717) is 41.4 Å². The van der Waals surface area contributed by atoms with Gasteiger partial charge in [-0.25, -0.2) is 4.79 Å². The molecule has 3 rings (SSSR count). The van der Waals surface area contributed by atoms with Crippen LogP contribution in [0.15, 0.2) is 42.5 Å². The van der Waals surface area contributed by atoms with Crippen molar-refractivity contribution in [3.05, 3.63) is 48.0 Å². The van der Waals surface area contributed by atoms with E-state index in [-0.39, 0.29) is 17.7 Å². The third-order valence-electron chi connectivity index (χ3n) is 4.99. The van der Waals surface area contributed by atoms with E-state index in [1.165, 1.54) is 26.0 Å². The summed E-state index contributed by atoms with van der Waals surface area (Å²) in [6, 6.07) is 10.8. The Balaban J connectivity index is 1.69. The van der Waals surface area contributed by atoms with Crippen molar-refractivity contribution in [3.8, 4) is 11.5 Å². The van der Waals surface area contributed by atoms with Gasteiger partial charge in [0.05, 0.1) is 14.2 Å². The summed E-state index contributed by atoms with van der Waals surface area (Å²) < 4.78 is 10.5. The number of hydrogen-bond donors (Lipinski definition) is 2. The molecule has 0 aliphatic carbocycles. The van der Waals surface area contributed by atoms with Crippen LogP contribution >= 0.6 is 0 Å². The highest BCUT2D eigenvalue weighted by Gasteiger charge is 2.34. The number of anilines is 2. The van der Waals surface area contributed by atoms with Gasteiger partial charge in [0.2, 0.25) is 5.91 Å². The Morgan fingerprint density at radius 2 is 1.70 bits per heavy atom. The Labute approximate surface area is 175 Å². The van der Waals surface area contributed by atoms with Gasteiger partial charge in [-0.1, -0.05) is 12.1 Å². The van der Waals surface area contributed by atoms with Crippen LogP contribution in [0.4, 0.5) is 16.2 Å². The Kier molecular flexibility index (Phi) is 6.56. The van der Waals surface area contributed by atoms with E-state index < -0.39 is 6.04 Å². The zero-order chi connectivity index (χ0) is 21.7. The fraction of sp³-hybridized carbons (Fsp3) is 0.318. The lowest BCUT2D eigenvalue weighted by Gasteiger charge is -2.24. The molecule has 1 aliphatic heterocycles. The van der Waals surface area contributed by atoms with E-state index in [4.69, 9.17) is 9.47 Å². The van der Waals surface area contributed by atoms with Gasteiger partial charge in [-0.3, -0.25) is 9.59 Å². The molecular formula is C22H25N3O5. The Morgan fingerprint density at radius 3 is 2.40 bits per heavy atom. The van der Waals surface area contributed by atoms with Gasteiger partial charge in [-0.2, -0.15) is 0 Å². The van der Waals surface area contributed by atoms with E-state index in [0.717, 1.165) is 6.42 Å². The number of Topliss-reactive ketones (excluding diaryl/α,β-unsaturated/α-hetero) is 1. The smallest absolute Gasteiger partial charge is 0.322 e. The molecule has 30 heavy (non-hydrogen) atoms. The van der Waals surface area contributed by atoms with Crippen molar-refractivity contribution in [1.29, 1.82) is 0 Å². The number of methoxy groups -OCH3 is 2. The number of carbonyl (C=O) groups is 3. The fourth-order valence-corrected chi connectivity index (χ4v) is 3.43. The average Bonchev–Trinajstić information content (AvgIpc) is 3.24. The minimum Gasteiger partial charge on any atom is -0.493 e. The van der Waals surface area contributed by atoms with Crippen molar-refractivity contribution < 1.29 is 23.9 Å². The summed E-state index contributed by atoms with van der Waals surface area (Å²) in [5, 5.41) is 5.62. The lowest BCUT2D eigenvalue weighted by atomic mass is 10.1. The largest absolute Gasteiger partial charge is 0.493 e. The van der Waals surface area contributed by atoms with Crippen molar-refractivity contribution in [2.24, 2.45) is 0 Å². The molecule has 2 aromatic carbocycles. The minimum absolute atomic E-state index is 0.0838. The summed E-state index contributed by atoms with van der Waals surface area (Å²) in [6.07, 6.45) is 1.30. The maximum Gasteiger partial charge on any atom is 0.322 e. The average molecular weight is 411 g/mol. The molecule has 8 nitrogen and oxygen atoms in total. The van der Waals surface area contributed by atoms with Crippen LogP contribution in [-0.4, -0.2) is 49.4 Å². The van der Waals surface area contributed by atoms with Gasteiger partial charge < -0.3 is 25.0 Å². The zero-order valence-electron chi connectivity index (χ0n) is 17.2. The Bertz CT molecular complexity index is 960. The SMILES string of the molecule is COc1ccc(NC(=O)C2CCCN2C(=O)Nc2cccc(C(C)=O)c2)cc1OC. The molecule has 2 N–H and O–H groups in total. The standard InChI is InChI=1S/C22H25N3O5/c1-14(26)15-6-4-7-16(12-15)24-22(28)25-11-5-8-18(25)21(27)23-17-9-10-19(29-2)20(13-17)30-3/h4,6-7,9-10,12-13,18H,5,8,11H2,1-3H3,(H,23,27)(H,24,28). The number of ketones is 1. The molecule has 0 spiro atoms. The van der Waals surface area contributed by atoms with E-state index in [1.807, 2.05) is 0 Å². The van der Waals surface area contributed by atoms with Gasteiger partial charge in [0, 0.05) is 29.5 Å². The van der Waals surface area contributed by atoms with E-state index in [1.54, 1.807) is 42.5 Å². The summed E-state index contributed by atoms with van der Waals surface area (Å²) in [4.78, 5) is 38.6. The zero-order valence-corrected chi connectivity index (χ0v) is 17.2. The lowest BCUT2D eigenvalue weighted by Crippen LogP contribution is -2.45. The molecule has 0 bridgehead atoms. The molecule has 0 radical (unpaired) electrons. The number of nitrogens with zero attached hydrogens (tertiary/aromatic N) is 1. The number of amides is 3. The Hall–Kier alpha value is -3.55. The number of likely N-dealkylation sites (tertiary alicyclic amines) is 1. The van der Waals surface area contributed by atoms with Crippen LogP contribution in [0.2, 0.25) is 0 Å². The quantitative estimate of drug-likeness (QED) is 0.709. The molecule has 2 aromatic rings. The van der Waals surface area contributed by atoms with Crippen molar-refractivity contribution >= 4 is 29.1 Å². The summed E-state index contributed by atoms with van der Waals surface area (Å²) in [6.45, 7) is 1.94. The van der Waals surface area contributed by atoms with Crippen LogP contribution in [0.5, 0.6) is 11.5 Å². The number of carbonyl (C=O) groups excluding carboxylic acids is 3. The predicted octanol–water partition coefficient (Wildman–Crippen LogP) is 3.54. The van der Waals surface area contributed by atoms with Gasteiger partial charge in [0.1, 0.15) is 6.04 Å². The molecule has 1 heterocycles. The highest BCUT2D eigenvalue weighted by Crippen LogP contribution is 2.30. The van der Waals surface area contributed by atoms with E-state index in [2.05, 4.69) is 10.6 Å². The van der Waals surface area contributed by atoms with Crippen LogP contribution in [0.3, 0.4) is 0 Å². The highest BCUT2D eigenvalue weighted by atomic mass is 16.5. The molecule has 8 heteroatoms. The van der Waals surface area contributed by atoms with Crippen LogP contribution in [0.25, 0.3) is 0 Å². The van der Waals surface area contributed by atoms with Crippen LogP contribution in [0, 0.1) is 0 Å². The highest BCUT2D eigenvalue weighted by molar-refractivity contribution is 6.00. The first-order valence-corrected chi connectivity index (χ1v) is 9.64. The number of urea groups is 1. The molecule has 1 saturated heterocycles. The molecule has 1 aliphatic rings. The van der Waals surface area contributed by atoms with Gasteiger partial charge in [-0.15, -0.1) is 0 Å². The van der Waals surface area contributed by atoms with Crippen molar-refractivity contribution in [3.63, 3.8) is 0 Å². The molecule has 158 valence electrons.